The Morgan fingerprint density at radius 2 is 2.11 bits per heavy atom. The number of hydrogen-bond donors (Lipinski definition) is 2. The lowest BCUT2D eigenvalue weighted by Gasteiger charge is -2.58. The maximum absolute atomic E-state index is 12.7. The second kappa shape index (κ2) is 6.45. The number of ether oxygens (including phenoxy) is 1. The highest BCUT2D eigenvalue weighted by Gasteiger charge is 2.66. The van der Waals surface area contributed by atoms with Crippen molar-refractivity contribution in [2.45, 2.75) is 38.8 Å². The van der Waals surface area contributed by atoms with Gasteiger partial charge in [0.2, 0.25) is 0 Å². The van der Waals surface area contributed by atoms with Crippen LogP contribution in [-0.4, -0.2) is 66.7 Å². The number of sulfonamides is 1. The topological polar surface area (TPSA) is 125 Å². The Morgan fingerprint density at radius 1 is 1.41 bits per heavy atom. The van der Waals surface area contributed by atoms with Gasteiger partial charge in [-0.05, 0) is 19.1 Å². The van der Waals surface area contributed by atoms with Crippen LogP contribution < -0.4 is 5.32 Å². The standard InChI is InChI=1S/C17H23N3O6S/c1-4-26-12-9-17(15(22)23,16(12,2)3)18-14(21)11-5-6-13-19-27(24,25)8-7-20(13)10-11/h5-6,10,12H,4,7-9H2,1-3H3,(H,18,21)(H,22,23). The van der Waals surface area contributed by atoms with Crippen LogP contribution in [0, 0.1) is 5.41 Å². The Kier molecular flexibility index (Phi) is 4.67. The van der Waals surface area contributed by atoms with Crippen LogP contribution in [0.5, 0.6) is 0 Å². The SMILES string of the molecule is CCOC1CC(NC(=O)C2=CN3CCS(=O)(=O)N=C3C=C2)(C(=O)O)C1(C)C. The van der Waals surface area contributed by atoms with Gasteiger partial charge >= 0.3 is 5.97 Å². The molecule has 3 aliphatic rings. The van der Waals surface area contributed by atoms with E-state index in [0.717, 1.165) is 0 Å². The minimum absolute atomic E-state index is 0.141. The minimum Gasteiger partial charge on any atom is -0.479 e. The molecular formula is C17H23N3O6S. The van der Waals surface area contributed by atoms with Gasteiger partial charge in [0.1, 0.15) is 11.4 Å². The van der Waals surface area contributed by atoms with Gasteiger partial charge in [-0.3, -0.25) is 4.79 Å². The number of hydrogen-bond acceptors (Lipinski definition) is 6. The quantitative estimate of drug-likeness (QED) is 0.681. The molecule has 0 aromatic rings. The summed E-state index contributed by atoms with van der Waals surface area (Å²) in [6.07, 6.45) is 4.28. The molecular weight excluding hydrogens is 374 g/mol. The van der Waals surface area contributed by atoms with Gasteiger partial charge in [0, 0.05) is 31.2 Å². The summed E-state index contributed by atoms with van der Waals surface area (Å²) in [4.78, 5) is 26.3. The summed E-state index contributed by atoms with van der Waals surface area (Å²) in [5, 5.41) is 12.5. The van der Waals surface area contributed by atoms with Crippen LogP contribution in [0.1, 0.15) is 27.2 Å². The van der Waals surface area contributed by atoms with Gasteiger partial charge in [-0.25, -0.2) is 13.2 Å². The molecule has 3 rings (SSSR count). The van der Waals surface area contributed by atoms with Crippen molar-refractivity contribution in [3.63, 3.8) is 0 Å². The largest absolute Gasteiger partial charge is 0.479 e. The van der Waals surface area contributed by atoms with Crippen molar-refractivity contribution in [1.29, 1.82) is 0 Å². The third-order valence-corrected chi connectivity index (χ3v) is 6.71. The first kappa shape index (κ1) is 19.6. The van der Waals surface area contributed by atoms with E-state index in [-0.39, 0.29) is 36.2 Å². The molecule has 0 aromatic heterocycles. The fraction of sp³-hybridized carbons (Fsp3) is 0.588. The van der Waals surface area contributed by atoms with Crippen LogP contribution in [0.25, 0.3) is 0 Å². The van der Waals surface area contributed by atoms with Gasteiger partial charge in [-0.1, -0.05) is 13.8 Å². The number of carboxylic acids is 1. The predicted octanol–water partition coefficient (Wildman–Crippen LogP) is 0.259. The van der Waals surface area contributed by atoms with Crippen molar-refractivity contribution >= 4 is 27.7 Å². The van der Waals surface area contributed by atoms with Crippen molar-refractivity contribution in [2.75, 3.05) is 18.9 Å². The van der Waals surface area contributed by atoms with Gasteiger partial charge in [-0.2, -0.15) is 0 Å². The molecule has 0 spiro atoms. The first-order valence-electron chi connectivity index (χ1n) is 8.69. The summed E-state index contributed by atoms with van der Waals surface area (Å²) in [6, 6.07) is 0. The molecule has 2 aliphatic heterocycles. The van der Waals surface area contributed by atoms with Gasteiger partial charge in [-0.15, -0.1) is 4.40 Å². The summed E-state index contributed by atoms with van der Waals surface area (Å²) in [5.74, 6) is -1.54. The summed E-state index contributed by atoms with van der Waals surface area (Å²) in [7, 11) is -3.48. The van der Waals surface area contributed by atoms with Crippen LogP contribution >= 0.6 is 0 Å². The maximum atomic E-state index is 12.7. The number of nitrogens with zero attached hydrogens (tertiary/aromatic N) is 2. The average molecular weight is 397 g/mol. The van der Waals surface area contributed by atoms with Crippen molar-refractivity contribution in [3.8, 4) is 0 Å². The predicted molar refractivity (Wildman–Crippen MR) is 97.5 cm³/mol. The van der Waals surface area contributed by atoms with E-state index in [9.17, 15) is 23.1 Å². The summed E-state index contributed by atoms with van der Waals surface area (Å²) >= 11 is 0. The molecule has 0 radical (unpaired) electrons. The number of nitrogens with one attached hydrogen (secondary N) is 1. The fourth-order valence-corrected chi connectivity index (χ4v) is 4.61. The Balaban J connectivity index is 1.80. The number of rotatable bonds is 5. The lowest BCUT2D eigenvalue weighted by Crippen LogP contribution is -2.76. The number of amides is 1. The molecule has 0 bridgehead atoms. The van der Waals surface area contributed by atoms with Crippen LogP contribution in [0.15, 0.2) is 28.3 Å². The molecule has 2 unspecified atom stereocenters. The molecule has 1 aliphatic carbocycles. The molecule has 2 N–H and O–H groups in total. The van der Waals surface area contributed by atoms with Gasteiger partial charge in [0.15, 0.2) is 0 Å². The smallest absolute Gasteiger partial charge is 0.330 e. The molecule has 2 heterocycles. The lowest BCUT2D eigenvalue weighted by atomic mass is 9.54. The summed E-state index contributed by atoms with van der Waals surface area (Å²) in [6.45, 7) is 6.01. The first-order chi connectivity index (χ1) is 12.5. The fourth-order valence-electron chi connectivity index (χ4n) is 3.64. The van der Waals surface area contributed by atoms with Crippen molar-refractivity contribution in [2.24, 2.45) is 9.81 Å². The highest BCUT2D eigenvalue weighted by Crippen LogP contribution is 2.51. The molecule has 27 heavy (non-hydrogen) atoms. The molecule has 0 aromatic carbocycles. The Morgan fingerprint density at radius 3 is 2.70 bits per heavy atom. The Bertz CT molecular complexity index is 873. The third kappa shape index (κ3) is 3.16. The highest BCUT2D eigenvalue weighted by atomic mass is 32.2. The van der Waals surface area contributed by atoms with E-state index in [1.807, 2.05) is 6.92 Å². The zero-order chi connectivity index (χ0) is 20.0. The first-order valence-corrected chi connectivity index (χ1v) is 10.3. The normalized spacial score (nSPS) is 30.5. The Labute approximate surface area is 157 Å². The highest BCUT2D eigenvalue weighted by molar-refractivity contribution is 7.90. The molecule has 148 valence electrons. The average Bonchev–Trinajstić information content (AvgIpc) is 2.59. The number of aliphatic carboxylic acids is 1. The second-order valence-electron chi connectivity index (χ2n) is 7.38. The number of fused-ring (bicyclic) bond motifs is 1. The molecule has 2 atom stereocenters. The van der Waals surface area contributed by atoms with E-state index in [0.29, 0.717) is 6.61 Å². The third-order valence-electron chi connectivity index (χ3n) is 5.54. The van der Waals surface area contributed by atoms with Crippen molar-refractivity contribution < 1.29 is 27.9 Å². The number of carbonyl (C=O) groups is 2. The van der Waals surface area contributed by atoms with E-state index < -0.39 is 32.9 Å². The maximum Gasteiger partial charge on any atom is 0.330 e. The summed E-state index contributed by atoms with van der Waals surface area (Å²) in [5.41, 5.74) is -1.97. The lowest BCUT2D eigenvalue weighted by molar-refractivity contribution is -0.194. The van der Waals surface area contributed by atoms with Crippen LogP contribution in [0.3, 0.4) is 0 Å². The van der Waals surface area contributed by atoms with Crippen LogP contribution in [-0.2, 0) is 24.3 Å². The van der Waals surface area contributed by atoms with Gasteiger partial charge < -0.3 is 20.1 Å². The zero-order valence-electron chi connectivity index (χ0n) is 15.4. The van der Waals surface area contributed by atoms with E-state index in [1.54, 1.807) is 18.7 Å². The monoisotopic (exact) mass is 397 g/mol. The Hall–Kier alpha value is -2.20. The van der Waals surface area contributed by atoms with Gasteiger partial charge in [0.25, 0.3) is 15.9 Å². The number of amidine groups is 1. The molecule has 0 saturated heterocycles. The van der Waals surface area contributed by atoms with E-state index in [4.69, 9.17) is 4.74 Å². The molecule has 1 saturated carbocycles. The minimum atomic E-state index is -3.48. The van der Waals surface area contributed by atoms with Crippen molar-refractivity contribution in [1.82, 2.24) is 10.2 Å². The van der Waals surface area contributed by atoms with Crippen LogP contribution in [0.4, 0.5) is 0 Å². The van der Waals surface area contributed by atoms with Crippen molar-refractivity contribution in [3.05, 3.63) is 23.9 Å². The zero-order valence-corrected chi connectivity index (χ0v) is 16.2. The second-order valence-corrected chi connectivity index (χ2v) is 9.14. The molecule has 9 nitrogen and oxygen atoms in total. The molecule has 10 heteroatoms. The van der Waals surface area contributed by atoms with E-state index in [1.165, 1.54) is 18.4 Å². The number of carbonyl (C=O) groups excluding carboxylic acids is 1. The summed E-state index contributed by atoms with van der Waals surface area (Å²) < 4.78 is 32.4. The molecule has 1 fully saturated rings. The van der Waals surface area contributed by atoms with E-state index >= 15 is 0 Å². The van der Waals surface area contributed by atoms with E-state index in [2.05, 4.69) is 9.71 Å². The van der Waals surface area contributed by atoms with Gasteiger partial charge in [0.05, 0.1) is 17.4 Å². The molecule has 1 amide bonds. The van der Waals surface area contributed by atoms with Crippen LogP contribution in [0.2, 0.25) is 0 Å². The number of carboxylic acid groups (broad SMARTS) is 1.